The van der Waals surface area contributed by atoms with Gasteiger partial charge in [-0.2, -0.15) is 9.97 Å². The second kappa shape index (κ2) is 5.27. The van der Waals surface area contributed by atoms with Crippen molar-refractivity contribution in [3.63, 3.8) is 0 Å². The molecule has 0 saturated carbocycles. The molecule has 1 aromatic heterocycles. The minimum atomic E-state index is -0.476. The highest BCUT2D eigenvalue weighted by atomic mass is 35.5. The fourth-order valence-corrected chi connectivity index (χ4v) is 1.72. The van der Waals surface area contributed by atoms with Crippen LogP contribution in [0, 0.1) is 5.82 Å². The zero-order valence-electron chi connectivity index (χ0n) is 9.82. The molecular formula is C12H12ClFN4. The van der Waals surface area contributed by atoms with Gasteiger partial charge in [0, 0.05) is 12.0 Å². The van der Waals surface area contributed by atoms with Crippen molar-refractivity contribution in [3.05, 3.63) is 34.9 Å². The van der Waals surface area contributed by atoms with Crippen molar-refractivity contribution in [2.24, 2.45) is 0 Å². The molecule has 0 atom stereocenters. The summed E-state index contributed by atoms with van der Waals surface area (Å²) in [5.41, 5.74) is 6.24. The van der Waals surface area contributed by atoms with Gasteiger partial charge < -0.3 is 5.73 Å². The van der Waals surface area contributed by atoms with Gasteiger partial charge in [-0.15, -0.1) is 0 Å². The largest absolute Gasteiger partial charge is 0.368 e. The van der Waals surface area contributed by atoms with Crippen molar-refractivity contribution < 1.29 is 4.39 Å². The minimum absolute atomic E-state index is 0.0310. The Morgan fingerprint density at radius 1 is 1.28 bits per heavy atom. The van der Waals surface area contributed by atoms with Gasteiger partial charge >= 0.3 is 0 Å². The average molecular weight is 267 g/mol. The van der Waals surface area contributed by atoms with Gasteiger partial charge in [-0.1, -0.05) is 18.5 Å². The van der Waals surface area contributed by atoms with Gasteiger partial charge in [-0.05, 0) is 24.6 Å². The van der Waals surface area contributed by atoms with Gasteiger partial charge in [0.05, 0.1) is 5.02 Å². The third kappa shape index (κ3) is 2.73. The van der Waals surface area contributed by atoms with Crippen LogP contribution >= 0.6 is 11.6 Å². The Morgan fingerprint density at radius 2 is 2.06 bits per heavy atom. The van der Waals surface area contributed by atoms with Crippen LogP contribution in [0.1, 0.15) is 19.2 Å². The van der Waals surface area contributed by atoms with Crippen molar-refractivity contribution in [3.8, 4) is 11.4 Å². The van der Waals surface area contributed by atoms with E-state index >= 15 is 0 Å². The van der Waals surface area contributed by atoms with Crippen molar-refractivity contribution >= 4 is 17.5 Å². The Hall–Kier alpha value is -1.75. The van der Waals surface area contributed by atoms with Gasteiger partial charge in [-0.25, -0.2) is 9.37 Å². The van der Waals surface area contributed by atoms with Crippen LogP contribution in [0.3, 0.4) is 0 Å². The van der Waals surface area contributed by atoms with Gasteiger partial charge in [0.2, 0.25) is 5.95 Å². The molecule has 0 unspecified atom stereocenters. The van der Waals surface area contributed by atoms with E-state index in [0.717, 1.165) is 6.42 Å². The minimum Gasteiger partial charge on any atom is -0.368 e. The number of nitrogens with zero attached hydrogens (tertiary/aromatic N) is 3. The van der Waals surface area contributed by atoms with Gasteiger partial charge in [0.1, 0.15) is 11.6 Å². The van der Waals surface area contributed by atoms with Crippen LogP contribution in [0.25, 0.3) is 11.4 Å². The summed E-state index contributed by atoms with van der Waals surface area (Å²) in [7, 11) is 0. The molecule has 2 rings (SSSR count). The first-order chi connectivity index (χ1) is 8.60. The molecule has 0 saturated heterocycles. The van der Waals surface area contributed by atoms with E-state index in [-0.39, 0.29) is 11.0 Å². The van der Waals surface area contributed by atoms with Gasteiger partial charge in [0.25, 0.3) is 0 Å². The van der Waals surface area contributed by atoms with Crippen LogP contribution in [0.4, 0.5) is 10.3 Å². The number of rotatable bonds is 3. The van der Waals surface area contributed by atoms with Crippen molar-refractivity contribution in [2.75, 3.05) is 5.73 Å². The molecule has 0 amide bonds. The smallest absolute Gasteiger partial charge is 0.223 e. The van der Waals surface area contributed by atoms with Crippen molar-refractivity contribution in [2.45, 2.75) is 19.8 Å². The Labute approximate surface area is 109 Å². The number of benzene rings is 1. The zero-order valence-corrected chi connectivity index (χ0v) is 10.6. The predicted molar refractivity (Wildman–Crippen MR) is 68.6 cm³/mol. The highest BCUT2D eigenvalue weighted by Gasteiger charge is 2.08. The summed E-state index contributed by atoms with van der Waals surface area (Å²) in [5, 5.41) is 0.0310. The topological polar surface area (TPSA) is 64.7 Å². The Balaban J connectivity index is 2.46. The fraction of sp³-hybridized carbons (Fsp3) is 0.250. The maximum atomic E-state index is 13.1. The molecule has 6 heteroatoms. The first-order valence-electron chi connectivity index (χ1n) is 5.56. The summed E-state index contributed by atoms with van der Waals surface area (Å²) in [6, 6.07) is 4.31. The third-order valence-electron chi connectivity index (χ3n) is 2.35. The van der Waals surface area contributed by atoms with E-state index in [1.165, 1.54) is 12.1 Å². The van der Waals surface area contributed by atoms with Crippen LogP contribution in [-0.2, 0) is 6.42 Å². The van der Waals surface area contributed by atoms with Crippen LogP contribution in [-0.4, -0.2) is 15.0 Å². The highest BCUT2D eigenvalue weighted by Crippen LogP contribution is 2.22. The lowest BCUT2D eigenvalue weighted by atomic mass is 10.2. The quantitative estimate of drug-likeness (QED) is 0.928. The molecule has 0 spiro atoms. The molecule has 94 valence electrons. The molecule has 0 fully saturated rings. The molecule has 0 aliphatic rings. The summed E-state index contributed by atoms with van der Waals surface area (Å²) in [6.45, 7) is 2.02. The van der Waals surface area contributed by atoms with E-state index < -0.39 is 5.82 Å². The van der Waals surface area contributed by atoms with Gasteiger partial charge in [-0.3, -0.25) is 0 Å². The van der Waals surface area contributed by atoms with E-state index in [9.17, 15) is 4.39 Å². The Kier molecular flexibility index (Phi) is 3.72. The number of hydrogen-bond acceptors (Lipinski definition) is 4. The molecule has 0 bridgehead atoms. The van der Waals surface area contributed by atoms with Crippen molar-refractivity contribution in [1.82, 2.24) is 15.0 Å². The number of hydrogen-bond donors (Lipinski definition) is 1. The molecule has 18 heavy (non-hydrogen) atoms. The average Bonchev–Trinajstić information content (AvgIpc) is 2.32. The predicted octanol–water partition coefficient (Wildman–Crippen LogP) is 2.87. The molecule has 0 radical (unpaired) electrons. The number of aromatic nitrogens is 3. The van der Waals surface area contributed by atoms with Crippen LogP contribution in [0.15, 0.2) is 18.2 Å². The van der Waals surface area contributed by atoms with Crippen LogP contribution < -0.4 is 5.73 Å². The van der Waals surface area contributed by atoms with E-state index in [1.807, 2.05) is 6.92 Å². The monoisotopic (exact) mass is 266 g/mol. The number of aryl methyl sites for hydroxylation is 1. The summed E-state index contributed by atoms with van der Waals surface area (Å²) >= 11 is 5.73. The molecule has 4 nitrogen and oxygen atoms in total. The first-order valence-corrected chi connectivity index (χ1v) is 5.93. The lowest BCUT2D eigenvalue weighted by Gasteiger charge is -2.05. The molecule has 0 aliphatic carbocycles. The molecule has 1 aromatic carbocycles. The summed E-state index contributed by atoms with van der Waals surface area (Å²) in [5.74, 6) is 0.716. The normalized spacial score (nSPS) is 10.6. The summed E-state index contributed by atoms with van der Waals surface area (Å²) < 4.78 is 13.1. The van der Waals surface area contributed by atoms with Gasteiger partial charge in [0.15, 0.2) is 5.82 Å². The Bertz CT molecular complexity index is 574. The molecule has 2 N–H and O–H groups in total. The summed E-state index contributed by atoms with van der Waals surface area (Å²) in [4.78, 5) is 12.4. The van der Waals surface area contributed by atoms with E-state index in [2.05, 4.69) is 15.0 Å². The molecular weight excluding hydrogens is 255 g/mol. The van der Waals surface area contributed by atoms with E-state index in [4.69, 9.17) is 17.3 Å². The maximum absolute atomic E-state index is 13.1. The molecule has 1 heterocycles. The lowest BCUT2D eigenvalue weighted by molar-refractivity contribution is 0.628. The van der Waals surface area contributed by atoms with Crippen LogP contribution in [0.2, 0.25) is 5.02 Å². The van der Waals surface area contributed by atoms with Crippen LogP contribution in [0.5, 0.6) is 0 Å². The fourth-order valence-electron chi connectivity index (χ4n) is 1.54. The van der Waals surface area contributed by atoms with E-state index in [0.29, 0.717) is 23.6 Å². The van der Waals surface area contributed by atoms with E-state index in [1.54, 1.807) is 6.07 Å². The number of nitrogen functional groups attached to an aromatic ring is 1. The number of halogens is 2. The number of anilines is 1. The highest BCUT2D eigenvalue weighted by molar-refractivity contribution is 6.31. The zero-order chi connectivity index (χ0) is 13.1. The first kappa shape index (κ1) is 12.7. The third-order valence-corrected chi connectivity index (χ3v) is 2.64. The molecule has 0 aliphatic heterocycles. The maximum Gasteiger partial charge on any atom is 0.223 e. The standard InChI is InChI=1S/C12H12ClFN4/c1-2-3-10-16-11(18-12(15)17-10)7-4-5-9(14)8(13)6-7/h4-6H,2-3H2,1H3,(H2,15,16,17,18). The molecule has 2 aromatic rings. The second-order valence-corrected chi connectivity index (χ2v) is 4.22. The lowest BCUT2D eigenvalue weighted by Crippen LogP contribution is -2.04. The SMILES string of the molecule is CCCc1nc(N)nc(-c2ccc(F)c(Cl)c2)n1. The summed E-state index contributed by atoms with van der Waals surface area (Å²) in [6.07, 6.45) is 1.63. The number of nitrogens with two attached hydrogens (primary N) is 1. The second-order valence-electron chi connectivity index (χ2n) is 3.81. The van der Waals surface area contributed by atoms with Crippen molar-refractivity contribution in [1.29, 1.82) is 0 Å². The Morgan fingerprint density at radius 3 is 2.72 bits per heavy atom.